The molecule has 0 spiro atoms. The van der Waals surface area contributed by atoms with E-state index < -0.39 is 0 Å². The number of benzene rings is 2. The lowest BCUT2D eigenvalue weighted by Crippen LogP contribution is -2.33. The van der Waals surface area contributed by atoms with Gasteiger partial charge in [0.2, 0.25) is 0 Å². The van der Waals surface area contributed by atoms with Crippen molar-refractivity contribution >= 4 is 0 Å². The van der Waals surface area contributed by atoms with Crippen LogP contribution in [-0.2, 0) is 12.8 Å². The van der Waals surface area contributed by atoms with Crippen LogP contribution in [0.5, 0.6) is 0 Å². The summed E-state index contributed by atoms with van der Waals surface area (Å²) >= 11 is 0. The molecule has 19 heavy (non-hydrogen) atoms. The molecule has 0 aliphatic rings. The first-order valence-electron chi connectivity index (χ1n) is 6.80. The first-order chi connectivity index (χ1) is 9.29. The van der Waals surface area contributed by atoms with Gasteiger partial charge in [-0.2, -0.15) is 0 Å². The number of hydrogen-bond donors (Lipinski definition) is 1. The predicted octanol–water partition coefficient (Wildman–Crippen LogP) is 3.59. The molecule has 0 radical (unpaired) electrons. The summed E-state index contributed by atoms with van der Waals surface area (Å²) in [6.07, 6.45) is 1.64. The van der Waals surface area contributed by atoms with Crippen LogP contribution in [0.2, 0.25) is 0 Å². The van der Waals surface area contributed by atoms with Crippen molar-refractivity contribution in [3.8, 4) is 0 Å². The monoisotopic (exact) mass is 257 g/mol. The number of hydrogen-bond acceptors (Lipinski definition) is 1. The van der Waals surface area contributed by atoms with Crippen LogP contribution in [-0.4, -0.2) is 12.6 Å². The summed E-state index contributed by atoms with van der Waals surface area (Å²) in [5.74, 6) is -0.113. The molecule has 1 unspecified atom stereocenters. The van der Waals surface area contributed by atoms with Crippen LogP contribution in [0.25, 0.3) is 0 Å². The molecular formula is C17H20FN. The van der Waals surface area contributed by atoms with Gasteiger partial charge in [0.05, 0.1) is 0 Å². The van der Waals surface area contributed by atoms with E-state index in [0.717, 1.165) is 24.9 Å². The van der Waals surface area contributed by atoms with Gasteiger partial charge in [-0.3, -0.25) is 0 Å². The standard InChI is InChI=1S/C17H20FN/c1-2-19-16(12-14-8-4-3-5-9-14)13-15-10-6-7-11-17(15)18/h3-11,16,19H,2,12-13H2,1H3. The van der Waals surface area contributed by atoms with Crippen molar-refractivity contribution in [2.45, 2.75) is 25.8 Å². The van der Waals surface area contributed by atoms with Crippen molar-refractivity contribution < 1.29 is 4.39 Å². The minimum atomic E-state index is -0.113. The van der Waals surface area contributed by atoms with Crippen molar-refractivity contribution in [2.24, 2.45) is 0 Å². The van der Waals surface area contributed by atoms with Crippen LogP contribution >= 0.6 is 0 Å². The fourth-order valence-corrected chi connectivity index (χ4v) is 2.33. The highest BCUT2D eigenvalue weighted by Crippen LogP contribution is 2.12. The summed E-state index contributed by atoms with van der Waals surface area (Å²) in [6, 6.07) is 17.6. The maximum atomic E-state index is 13.7. The molecule has 0 amide bonds. The van der Waals surface area contributed by atoms with Crippen molar-refractivity contribution in [1.82, 2.24) is 5.32 Å². The lowest BCUT2D eigenvalue weighted by atomic mass is 9.98. The average molecular weight is 257 g/mol. The zero-order chi connectivity index (χ0) is 13.5. The fourth-order valence-electron chi connectivity index (χ4n) is 2.33. The van der Waals surface area contributed by atoms with Crippen molar-refractivity contribution in [3.63, 3.8) is 0 Å². The topological polar surface area (TPSA) is 12.0 Å². The lowest BCUT2D eigenvalue weighted by Gasteiger charge is -2.18. The zero-order valence-electron chi connectivity index (χ0n) is 11.3. The third kappa shape index (κ3) is 4.18. The Morgan fingerprint density at radius 1 is 0.947 bits per heavy atom. The Hall–Kier alpha value is -1.67. The van der Waals surface area contributed by atoms with Crippen LogP contribution in [0, 0.1) is 5.82 Å². The van der Waals surface area contributed by atoms with Gasteiger partial charge in [-0.25, -0.2) is 4.39 Å². The van der Waals surface area contributed by atoms with Crippen molar-refractivity contribution in [2.75, 3.05) is 6.54 Å². The molecule has 0 bridgehead atoms. The maximum Gasteiger partial charge on any atom is 0.126 e. The maximum absolute atomic E-state index is 13.7. The summed E-state index contributed by atoms with van der Waals surface area (Å²) in [5, 5.41) is 3.44. The van der Waals surface area contributed by atoms with E-state index in [-0.39, 0.29) is 11.9 Å². The van der Waals surface area contributed by atoms with Gasteiger partial charge in [-0.1, -0.05) is 55.5 Å². The van der Waals surface area contributed by atoms with Crippen molar-refractivity contribution in [3.05, 3.63) is 71.5 Å². The van der Waals surface area contributed by atoms with E-state index in [1.807, 2.05) is 30.3 Å². The van der Waals surface area contributed by atoms with E-state index in [1.54, 1.807) is 6.07 Å². The van der Waals surface area contributed by atoms with Crippen LogP contribution < -0.4 is 5.32 Å². The smallest absolute Gasteiger partial charge is 0.126 e. The molecule has 2 heteroatoms. The molecule has 1 N–H and O–H groups in total. The summed E-state index contributed by atoms with van der Waals surface area (Å²) in [5.41, 5.74) is 2.06. The Morgan fingerprint density at radius 2 is 1.63 bits per heavy atom. The van der Waals surface area contributed by atoms with Crippen LogP contribution in [0.1, 0.15) is 18.1 Å². The molecule has 0 fully saturated rings. The SMILES string of the molecule is CCNC(Cc1ccccc1)Cc1ccccc1F. The first kappa shape index (κ1) is 13.8. The Bertz CT molecular complexity index is 496. The molecule has 0 heterocycles. The van der Waals surface area contributed by atoms with Gasteiger partial charge < -0.3 is 5.32 Å². The Morgan fingerprint density at radius 3 is 2.32 bits per heavy atom. The van der Waals surface area contributed by atoms with Gasteiger partial charge in [-0.05, 0) is 36.6 Å². The number of likely N-dealkylation sites (N-methyl/N-ethyl adjacent to an activating group) is 1. The van der Waals surface area contributed by atoms with E-state index in [9.17, 15) is 4.39 Å². The molecule has 1 nitrogen and oxygen atoms in total. The van der Waals surface area contributed by atoms with E-state index in [0.29, 0.717) is 0 Å². The highest BCUT2D eigenvalue weighted by atomic mass is 19.1. The number of halogens is 1. The quantitative estimate of drug-likeness (QED) is 0.834. The molecule has 0 aromatic heterocycles. The van der Waals surface area contributed by atoms with E-state index >= 15 is 0 Å². The Labute approximate surface area is 114 Å². The lowest BCUT2D eigenvalue weighted by molar-refractivity contribution is 0.506. The van der Waals surface area contributed by atoms with Gasteiger partial charge in [-0.15, -0.1) is 0 Å². The molecule has 0 saturated carbocycles. The van der Waals surface area contributed by atoms with E-state index in [4.69, 9.17) is 0 Å². The van der Waals surface area contributed by atoms with Gasteiger partial charge in [0.25, 0.3) is 0 Å². The first-order valence-corrected chi connectivity index (χ1v) is 6.80. The van der Waals surface area contributed by atoms with Gasteiger partial charge in [0.15, 0.2) is 0 Å². The molecule has 2 aromatic rings. The van der Waals surface area contributed by atoms with E-state index in [1.165, 1.54) is 11.6 Å². The fraction of sp³-hybridized carbons (Fsp3) is 0.294. The predicted molar refractivity (Wildman–Crippen MR) is 77.7 cm³/mol. The van der Waals surface area contributed by atoms with Crippen LogP contribution in [0.15, 0.2) is 54.6 Å². The number of nitrogens with one attached hydrogen (secondary N) is 1. The average Bonchev–Trinajstić information content (AvgIpc) is 2.43. The second kappa shape index (κ2) is 7.05. The molecule has 1 atom stereocenters. The normalized spacial score (nSPS) is 12.3. The van der Waals surface area contributed by atoms with Gasteiger partial charge >= 0.3 is 0 Å². The Kier molecular flexibility index (Phi) is 5.10. The number of rotatable bonds is 6. The van der Waals surface area contributed by atoms with Crippen molar-refractivity contribution in [1.29, 1.82) is 0 Å². The highest BCUT2D eigenvalue weighted by molar-refractivity contribution is 5.21. The minimum Gasteiger partial charge on any atom is -0.314 e. The summed E-state index contributed by atoms with van der Waals surface area (Å²) in [6.45, 7) is 2.98. The summed E-state index contributed by atoms with van der Waals surface area (Å²) < 4.78 is 13.7. The third-order valence-electron chi connectivity index (χ3n) is 3.24. The zero-order valence-corrected chi connectivity index (χ0v) is 11.3. The summed E-state index contributed by atoms with van der Waals surface area (Å²) in [7, 11) is 0. The molecule has 2 rings (SSSR count). The molecule has 100 valence electrons. The molecular weight excluding hydrogens is 237 g/mol. The second-order valence-electron chi connectivity index (χ2n) is 4.74. The second-order valence-corrected chi connectivity index (χ2v) is 4.74. The highest BCUT2D eigenvalue weighted by Gasteiger charge is 2.11. The van der Waals surface area contributed by atoms with Crippen LogP contribution in [0.3, 0.4) is 0 Å². The third-order valence-corrected chi connectivity index (χ3v) is 3.24. The summed E-state index contributed by atoms with van der Waals surface area (Å²) in [4.78, 5) is 0. The van der Waals surface area contributed by atoms with Crippen LogP contribution in [0.4, 0.5) is 4.39 Å². The minimum absolute atomic E-state index is 0.113. The molecule has 0 saturated heterocycles. The molecule has 2 aromatic carbocycles. The van der Waals surface area contributed by atoms with Gasteiger partial charge in [0, 0.05) is 6.04 Å². The molecule has 0 aliphatic heterocycles. The van der Waals surface area contributed by atoms with Gasteiger partial charge in [0.1, 0.15) is 5.82 Å². The Balaban J connectivity index is 2.06. The molecule has 0 aliphatic carbocycles. The van der Waals surface area contributed by atoms with E-state index in [2.05, 4.69) is 24.4 Å². The largest absolute Gasteiger partial charge is 0.314 e.